The van der Waals surface area contributed by atoms with E-state index in [0.29, 0.717) is 12.0 Å². The SMILES string of the molecule is CC1CCN(C(CN=C(N)N2CCN(c3nccs3)CC2)c2cccs2)CC1. The summed E-state index contributed by atoms with van der Waals surface area (Å²) >= 11 is 3.53. The molecule has 0 radical (unpaired) electrons. The molecule has 6 nitrogen and oxygen atoms in total. The van der Waals surface area contributed by atoms with Crippen molar-refractivity contribution in [2.75, 3.05) is 50.7 Å². The van der Waals surface area contributed by atoms with E-state index >= 15 is 0 Å². The van der Waals surface area contributed by atoms with E-state index in [1.54, 1.807) is 11.3 Å². The molecule has 4 rings (SSSR count). The van der Waals surface area contributed by atoms with Gasteiger partial charge in [-0.3, -0.25) is 9.89 Å². The number of piperidine rings is 1. The molecule has 2 N–H and O–H groups in total. The smallest absolute Gasteiger partial charge is 0.191 e. The lowest BCUT2D eigenvalue weighted by Crippen LogP contribution is -2.51. The van der Waals surface area contributed by atoms with E-state index in [0.717, 1.165) is 56.9 Å². The fourth-order valence-electron chi connectivity index (χ4n) is 3.99. The first kappa shape index (κ1) is 19.7. The van der Waals surface area contributed by atoms with Crippen molar-refractivity contribution in [1.82, 2.24) is 14.8 Å². The second kappa shape index (κ2) is 9.24. The number of nitrogens with zero attached hydrogens (tertiary/aromatic N) is 5. The van der Waals surface area contributed by atoms with Crippen LogP contribution < -0.4 is 10.6 Å². The van der Waals surface area contributed by atoms with Gasteiger partial charge in [0, 0.05) is 42.6 Å². The molecular weight excluding hydrogens is 388 g/mol. The molecule has 1 unspecified atom stereocenters. The summed E-state index contributed by atoms with van der Waals surface area (Å²) in [7, 11) is 0. The summed E-state index contributed by atoms with van der Waals surface area (Å²) in [6.45, 7) is 9.12. The van der Waals surface area contributed by atoms with E-state index < -0.39 is 0 Å². The van der Waals surface area contributed by atoms with Gasteiger partial charge in [0.25, 0.3) is 0 Å². The number of hydrogen-bond donors (Lipinski definition) is 1. The van der Waals surface area contributed by atoms with Crippen LogP contribution in [0.3, 0.4) is 0 Å². The van der Waals surface area contributed by atoms with Gasteiger partial charge in [-0.1, -0.05) is 13.0 Å². The minimum atomic E-state index is 0.350. The Bertz CT molecular complexity index is 729. The Morgan fingerprint density at radius 2 is 1.96 bits per heavy atom. The molecule has 0 aromatic carbocycles. The topological polar surface area (TPSA) is 61.0 Å². The second-order valence-electron chi connectivity index (χ2n) is 7.74. The lowest BCUT2D eigenvalue weighted by atomic mass is 9.97. The molecule has 2 aliphatic rings. The number of anilines is 1. The third-order valence-electron chi connectivity index (χ3n) is 5.85. The summed E-state index contributed by atoms with van der Waals surface area (Å²) in [5.74, 6) is 1.52. The number of rotatable bonds is 5. The highest BCUT2D eigenvalue weighted by atomic mass is 32.1. The van der Waals surface area contributed by atoms with Crippen LogP contribution in [-0.2, 0) is 0 Å². The van der Waals surface area contributed by atoms with Crippen LogP contribution in [0.1, 0.15) is 30.7 Å². The number of piperazine rings is 1. The molecule has 1 atom stereocenters. The van der Waals surface area contributed by atoms with E-state index in [1.807, 2.05) is 22.9 Å². The van der Waals surface area contributed by atoms with Crippen LogP contribution >= 0.6 is 22.7 Å². The normalized spacial score (nSPS) is 21.2. The number of nitrogens with two attached hydrogens (primary N) is 1. The molecule has 2 fully saturated rings. The van der Waals surface area contributed by atoms with Crippen molar-refractivity contribution in [3.05, 3.63) is 34.0 Å². The van der Waals surface area contributed by atoms with Crippen LogP contribution in [0.5, 0.6) is 0 Å². The number of aliphatic imine (C=N–C) groups is 1. The molecule has 0 saturated carbocycles. The summed E-state index contributed by atoms with van der Waals surface area (Å²) in [5.41, 5.74) is 6.40. The molecule has 152 valence electrons. The monoisotopic (exact) mass is 418 g/mol. The van der Waals surface area contributed by atoms with E-state index in [-0.39, 0.29) is 0 Å². The van der Waals surface area contributed by atoms with Crippen molar-refractivity contribution < 1.29 is 0 Å². The maximum Gasteiger partial charge on any atom is 0.191 e. The number of thiophene rings is 1. The van der Waals surface area contributed by atoms with Crippen molar-refractivity contribution in [1.29, 1.82) is 0 Å². The lowest BCUT2D eigenvalue weighted by molar-refractivity contribution is 0.143. The minimum absolute atomic E-state index is 0.350. The largest absolute Gasteiger partial charge is 0.370 e. The summed E-state index contributed by atoms with van der Waals surface area (Å²) in [4.78, 5) is 17.8. The number of thiazole rings is 1. The van der Waals surface area contributed by atoms with Crippen LogP contribution in [0.2, 0.25) is 0 Å². The zero-order chi connectivity index (χ0) is 19.3. The average Bonchev–Trinajstić information content (AvgIpc) is 3.44. The molecule has 0 amide bonds. The summed E-state index contributed by atoms with van der Waals surface area (Å²) in [6.07, 6.45) is 4.42. The fraction of sp³-hybridized carbons (Fsp3) is 0.600. The molecule has 2 aromatic heterocycles. The standard InChI is InChI=1S/C20H30N6S2/c1-16-4-7-24(8-5-16)17(18-3-2-13-27-18)15-23-19(21)25-9-11-26(12-10-25)20-22-6-14-28-20/h2-3,6,13-14,16-17H,4-5,7-12,15H2,1H3,(H2,21,23). The van der Waals surface area contributed by atoms with Crippen LogP contribution in [0.25, 0.3) is 0 Å². The summed E-state index contributed by atoms with van der Waals surface area (Å²) < 4.78 is 0. The molecule has 2 aliphatic heterocycles. The van der Waals surface area contributed by atoms with Gasteiger partial charge >= 0.3 is 0 Å². The number of likely N-dealkylation sites (tertiary alicyclic amines) is 1. The Morgan fingerprint density at radius 1 is 1.18 bits per heavy atom. The average molecular weight is 419 g/mol. The van der Waals surface area contributed by atoms with Gasteiger partial charge in [-0.2, -0.15) is 0 Å². The van der Waals surface area contributed by atoms with E-state index in [9.17, 15) is 0 Å². The van der Waals surface area contributed by atoms with Crippen LogP contribution in [0, 0.1) is 5.92 Å². The van der Waals surface area contributed by atoms with Crippen molar-refractivity contribution in [2.45, 2.75) is 25.8 Å². The maximum atomic E-state index is 6.40. The highest BCUT2D eigenvalue weighted by Crippen LogP contribution is 2.30. The molecule has 0 bridgehead atoms. The quantitative estimate of drug-likeness (QED) is 0.597. The van der Waals surface area contributed by atoms with Gasteiger partial charge < -0.3 is 15.5 Å². The minimum Gasteiger partial charge on any atom is -0.370 e. The predicted octanol–water partition coefficient (Wildman–Crippen LogP) is 3.11. The second-order valence-corrected chi connectivity index (χ2v) is 9.59. The Labute approximate surface area is 175 Å². The summed E-state index contributed by atoms with van der Waals surface area (Å²) in [5, 5.41) is 5.30. The third kappa shape index (κ3) is 4.67. The first-order valence-electron chi connectivity index (χ1n) is 10.2. The van der Waals surface area contributed by atoms with Crippen LogP contribution in [0.15, 0.2) is 34.1 Å². The molecule has 2 saturated heterocycles. The highest BCUT2D eigenvalue weighted by molar-refractivity contribution is 7.13. The fourth-order valence-corrected chi connectivity index (χ4v) is 5.53. The number of guanidine groups is 1. The molecule has 4 heterocycles. The first-order chi connectivity index (χ1) is 13.7. The van der Waals surface area contributed by atoms with Crippen molar-refractivity contribution in [3.63, 3.8) is 0 Å². The zero-order valence-electron chi connectivity index (χ0n) is 16.5. The molecule has 0 aliphatic carbocycles. The first-order valence-corrected chi connectivity index (χ1v) is 11.9. The van der Waals surface area contributed by atoms with Crippen LogP contribution in [0.4, 0.5) is 5.13 Å². The Hall–Kier alpha value is -1.64. The Kier molecular flexibility index (Phi) is 6.49. The van der Waals surface area contributed by atoms with E-state index in [2.05, 4.69) is 44.1 Å². The highest BCUT2D eigenvalue weighted by Gasteiger charge is 2.26. The van der Waals surface area contributed by atoms with Gasteiger partial charge in [0.05, 0.1) is 12.6 Å². The van der Waals surface area contributed by atoms with E-state index in [4.69, 9.17) is 10.7 Å². The van der Waals surface area contributed by atoms with E-state index in [1.165, 1.54) is 17.7 Å². The van der Waals surface area contributed by atoms with Crippen molar-refractivity contribution >= 4 is 33.8 Å². The third-order valence-corrected chi connectivity index (χ3v) is 7.66. The van der Waals surface area contributed by atoms with Crippen molar-refractivity contribution in [2.24, 2.45) is 16.6 Å². The molecular formula is C20H30N6S2. The predicted molar refractivity (Wildman–Crippen MR) is 119 cm³/mol. The van der Waals surface area contributed by atoms with Crippen molar-refractivity contribution in [3.8, 4) is 0 Å². The molecule has 8 heteroatoms. The number of aromatic nitrogens is 1. The maximum absolute atomic E-state index is 6.40. The van der Waals surface area contributed by atoms with Gasteiger partial charge in [0.15, 0.2) is 11.1 Å². The van der Waals surface area contributed by atoms with Crippen LogP contribution in [-0.4, -0.2) is 66.6 Å². The molecule has 28 heavy (non-hydrogen) atoms. The van der Waals surface area contributed by atoms with Gasteiger partial charge in [-0.25, -0.2) is 4.98 Å². The summed E-state index contributed by atoms with van der Waals surface area (Å²) in [6, 6.07) is 4.73. The van der Waals surface area contributed by atoms with Gasteiger partial charge in [-0.15, -0.1) is 22.7 Å². The molecule has 0 spiro atoms. The zero-order valence-corrected chi connectivity index (χ0v) is 18.2. The molecule has 2 aromatic rings. The number of hydrogen-bond acceptors (Lipinski definition) is 6. The Morgan fingerprint density at radius 3 is 2.61 bits per heavy atom. The van der Waals surface area contributed by atoms with Gasteiger partial charge in [0.2, 0.25) is 0 Å². The lowest BCUT2D eigenvalue weighted by Gasteiger charge is -2.37. The van der Waals surface area contributed by atoms with Gasteiger partial charge in [-0.05, 0) is 43.3 Å². The van der Waals surface area contributed by atoms with Gasteiger partial charge in [0.1, 0.15) is 0 Å². The Balaban J connectivity index is 1.36.